The number of carboxylic acids is 2. The van der Waals surface area contributed by atoms with Crippen molar-refractivity contribution in [3.63, 3.8) is 0 Å². The minimum atomic E-state index is -1.08. The Balaban J connectivity index is 0.000000293. The van der Waals surface area contributed by atoms with Crippen LogP contribution in [0.5, 0.6) is 5.75 Å². The molecule has 7 nitrogen and oxygen atoms in total. The molecule has 0 fully saturated rings. The smallest absolute Gasteiger partial charge is 0.303 e. The second-order valence-electron chi connectivity index (χ2n) is 7.55. The van der Waals surface area contributed by atoms with Gasteiger partial charge in [-0.15, -0.1) is 0 Å². The Morgan fingerprint density at radius 2 is 1.77 bits per heavy atom. The Morgan fingerprint density at radius 1 is 1.10 bits per heavy atom. The summed E-state index contributed by atoms with van der Waals surface area (Å²) in [6, 6.07) is 12.7. The number of likely N-dealkylation sites (N-methyl/N-ethyl adjacent to an activating group) is 1. The SMILES string of the molecule is CN(c1c(Cl)ccc2c1CCNCC2)C1COc2ccccc21.O=C(O)CCC(=O)O. The van der Waals surface area contributed by atoms with Gasteiger partial charge in [-0.2, -0.15) is 0 Å². The van der Waals surface area contributed by atoms with Crippen molar-refractivity contribution >= 4 is 29.2 Å². The summed E-state index contributed by atoms with van der Waals surface area (Å²) in [7, 11) is 2.13. The van der Waals surface area contributed by atoms with Gasteiger partial charge in [0.25, 0.3) is 0 Å². The maximum absolute atomic E-state index is 9.64. The van der Waals surface area contributed by atoms with Gasteiger partial charge >= 0.3 is 11.9 Å². The van der Waals surface area contributed by atoms with Gasteiger partial charge in [0.1, 0.15) is 12.4 Å². The number of hydrogen-bond donors (Lipinski definition) is 3. The summed E-state index contributed by atoms with van der Waals surface area (Å²) in [4.78, 5) is 21.6. The molecule has 0 spiro atoms. The number of ether oxygens (including phenoxy) is 1. The van der Waals surface area contributed by atoms with Gasteiger partial charge in [0.2, 0.25) is 0 Å². The van der Waals surface area contributed by atoms with Gasteiger partial charge in [-0.05, 0) is 49.2 Å². The first kappa shape index (κ1) is 22.9. The molecule has 0 aliphatic carbocycles. The van der Waals surface area contributed by atoms with Crippen molar-refractivity contribution in [1.82, 2.24) is 5.32 Å². The van der Waals surface area contributed by atoms with Crippen LogP contribution < -0.4 is 15.0 Å². The van der Waals surface area contributed by atoms with Crippen LogP contribution in [0.25, 0.3) is 0 Å². The molecule has 2 heterocycles. The van der Waals surface area contributed by atoms with Gasteiger partial charge in [0.05, 0.1) is 29.6 Å². The van der Waals surface area contributed by atoms with Crippen LogP contribution in [0, 0.1) is 0 Å². The van der Waals surface area contributed by atoms with Crippen molar-refractivity contribution in [3.8, 4) is 5.75 Å². The van der Waals surface area contributed by atoms with Crippen LogP contribution in [-0.4, -0.2) is 48.9 Å². The van der Waals surface area contributed by atoms with Gasteiger partial charge in [-0.3, -0.25) is 9.59 Å². The van der Waals surface area contributed by atoms with Crippen LogP contribution in [0.1, 0.15) is 35.6 Å². The first-order chi connectivity index (χ1) is 14.9. The fourth-order valence-corrected chi connectivity index (χ4v) is 4.25. The molecule has 4 rings (SSSR count). The third-order valence-electron chi connectivity index (χ3n) is 5.50. The van der Waals surface area contributed by atoms with Crippen LogP contribution >= 0.6 is 11.6 Å². The van der Waals surface area contributed by atoms with Crippen molar-refractivity contribution < 1.29 is 24.5 Å². The zero-order chi connectivity index (χ0) is 22.4. The molecule has 0 bridgehead atoms. The molecule has 0 radical (unpaired) electrons. The van der Waals surface area contributed by atoms with Crippen LogP contribution in [-0.2, 0) is 22.4 Å². The average molecular weight is 447 g/mol. The van der Waals surface area contributed by atoms with Crippen molar-refractivity contribution in [3.05, 3.63) is 58.1 Å². The first-order valence-corrected chi connectivity index (χ1v) is 10.7. The highest BCUT2D eigenvalue weighted by molar-refractivity contribution is 6.33. The lowest BCUT2D eigenvalue weighted by Gasteiger charge is -2.30. The largest absolute Gasteiger partial charge is 0.491 e. The number of rotatable bonds is 5. The standard InChI is InChI=1S/C19H21ClN2O.C4H6O4/c1-22(17-12-23-18-5-3-2-4-15(17)18)19-14-9-11-21-10-8-13(14)6-7-16(19)20;5-3(6)1-2-4(7)8/h2-7,17,21H,8-12H2,1H3;1-2H2,(H,5,6)(H,7,8). The van der Waals surface area contributed by atoms with Crippen LogP contribution in [0.2, 0.25) is 5.02 Å². The lowest BCUT2D eigenvalue weighted by atomic mass is 9.98. The van der Waals surface area contributed by atoms with Crippen LogP contribution in [0.3, 0.4) is 0 Å². The normalized spacial score (nSPS) is 16.6. The Hall–Kier alpha value is -2.77. The Morgan fingerprint density at radius 3 is 2.48 bits per heavy atom. The van der Waals surface area contributed by atoms with Gasteiger partial charge < -0.3 is 25.2 Å². The van der Waals surface area contributed by atoms with Gasteiger partial charge in [0.15, 0.2) is 0 Å². The minimum Gasteiger partial charge on any atom is -0.491 e. The number of aliphatic carboxylic acids is 2. The Labute approximate surface area is 186 Å². The van der Waals surface area contributed by atoms with E-state index in [1.165, 1.54) is 16.7 Å². The fraction of sp³-hybridized carbons (Fsp3) is 0.391. The summed E-state index contributed by atoms with van der Waals surface area (Å²) < 4.78 is 5.87. The third kappa shape index (κ3) is 5.68. The summed E-state index contributed by atoms with van der Waals surface area (Å²) in [5.74, 6) is -1.16. The van der Waals surface area contributed by atoms with E-state index in [1.54, 1.807) is 0 Å². The fourth-order valence-electron chi connectivity index (χ4n) is 3.94. The topological polar surface area (TPSA) is 99.1 Å². The molecule has 2 aliphatic rings. The quantitative estimate of drug-likeness (QED) is 0.646. The molecular weight excluding hydrogens is 420 g/mol. The summed E-state index contributed by atoms with van der Waals surface area (Å²) in [6.07, 6.45) is 1.49. The number of anilines is 1. The highest BCUT2D eigenvalue weighted by Gasteiger charge is 2.30. The molecule has 3 N–H and O–H groups in total. The maximum Gasteiger partial charge on any atom is 0.303 e. The predicted octanol–water partition coefficient (Wildman–Crippen LogP) is 3.53. The Kier molecular flexibility index (Phi) is 7.76. The Bertz CT molecular complexity index is 936. The maximum atomic E-state index is 9.64. The molecule has 2 aromatic carbocycles. The number of carbonyl (C=O) groups is 2. The zero-order valence-electron chi connectivity index (χ0n) is 17.4. The summed E-state index contributed by atoms with van der Waals surface area (Å²) in [6.45, 7) is 2.72. The summed E-state index contributed by atoms with van der Waals surface area (Å²) in [5.41, 5.74) is 5.21. The molecule has 8 heteroatoms. The van der Waals surface area contributed by atoms with Crippen molar-refractivity contribution in [2.75, 3.05) is 31.6 Å². The average Bonchev–Trinajstić information content (AvgIpc) is 3.03. The van der Waals surface area contributed by atoms with E-state index in [9.17, 15) is 9.59 Å². The van der Waals surface area contributed by atoms with E-state index in [-0.39, 0.29) is 18.9 Å². The molecular formula is C23H27ClN2O5. The lowest BCUT2D eigenvalue weighted by Crippen LogP contribution is -2.27. The van der Waals surface area contributed by atoms with E-state index in [0.29, 0.717) is 6.61 Å². The van der Waals surface area contributed by atoms with Crippen molar-refractivity contribution in [1.29, 1.82) is 0 Å². The van der Waals surface area contributed by atoms with Crippen molar-refractivity contribution in [2.45, 2.75) is 31.7 Å². The minimum absolute atomic E-state index is 0.214. The van der Waals surface area contributed by atoms with E-state index in [4.69, 9.17) is 26.6 Å². The van der Waals surface area contributed by atoms with E-state index in [2.05, 4.69) is 35.5 Å². The molecule has 2 aliphatic heterocycles. The zero-order valence-corrected chi connectivity index (χ0v) is 18.2. The summed E-state index contributed by atoms with van der Waals surface area (Å²) >= 11 is 6.61. The van der Waals surface area contributed by atoms with Crippen LogP contribution in [0.4, 0.5) is 5.69 Å². The number of para-hydroxylation sites is 1. The van der Waals surface area contributed by atoms with Crippen LogP contribution in [0.15, 0.2) is 36.4 Å². The molecule has 166 valence electrons. The number of benzene rings is 2. The molecule has 0 aromatic heterocycles. The number of fused-ring (bicyclic) bond motifs is 2. The number of nitrogens with one attached hydrogen (secondary N) is 1. The van der Waals surface area contributed by atoms with Gasteiger partial charge in [-0.25, -0.2) is 0 Å². The third-order valence-corrected chi connectivity index (χ3v) is 5.81. The molecule has 1 unspecified atom stereocenters. The predicted molar refractivity (Wildman–Crippen MR) is 119 cm³/mol. The molecule has 1 atom stereocenters. The number of halogens is 1. The highest BCUT2D eigenvalue weighted by Crippen LogP contribution is 2.41. The van der Waals surface area contributed by atoms with Gasteiger partial charge in [-0.1, -0.05) is 35.9 Å². The summed E-state index contributed by atoms with van der Waals surface area (Å²) in [5, 5.41) is 20.1. The molecule has 2 aromatic rings. The van der Waals surface area contributed by atoms with E-state index < -0.39 is 11.9 Å². The van der Waals surface area contributed by atoms with Crippen molar-refractivity contribution in [2.24, 2.45) is 0 Å². The second-order valence-corrected chi connectivity index (χ2v) is 7.95. The number of hydrogen-bond acceptors (Lipinski definition) is 5. The molecule has 0 amide bonds. The molecule has 31 heavy (non-hydrogen) atoms. The lowest BCUT2D eigenvalue weighted by molar-refractivity contribution is -0.143. The number of carboxylic acid groups (broad SMARTS) is 2. The number of nitrogens with zero attached hydrogens (tertiary/aromatic N) is 1. The monoisotopic (exact) mass is 446 g/mol. The van der Waals surface area contributed by atoms with E-state index in [0.717, 1.165) is 42.4 Å². The van der Waals surface area contributed by atoms with E-state index in [1.807, 2.05) is 18.2 Å². The highest BCUT2D eigenvalue weighted by atomic mass is 35.5. The molecule has 0 saturated carbocycles. The van der Waals surface area contributed by atoms with E-state index >= 15 is 0 Å². The van der Waals surface area contributed by atoms with Gasteiger partial charge in [0, 0.05) is 12.6 Å². The first-order valence-electron chi connectivity index (χ1n) is 10.3. The second kappa shape index (κ2) is 10.5. The molecule has 0 saturated heterocycles.